The summed E-state index contributed by atoms with van der Waals surface area (Å²) in [7, 11) is 3.43. The zero-order chi connectivity index (χ0) is 30.4. The van der Waals surface area contributed by atoms with Gasteiger partial charge >= 0.3 is 6.18 Å². The van der Waals surface area contributed by atoms with Crippen molar-refractivity contribution in [3.05, 3.63) is 54.3 Å². The van der Waals surface area contributed by atoms with Gasteiger partial charge in [-0.25, -0.2) is 19.9 Å². The summed E-state index contributed by atoms with van der Waals surface area (Å²) in [6.07, 6.45) is 3.98. The highest BCUT2D eigenvalue weighted by molar-refractivity contribution is 5.92. The van der Waals surface area contributed by atoms with Crippen LogP contribution in [-0.4, -0.2) is 102 Å². The molecule has 2 fully saturated rings. The average Bonchev–Trinajstić information content (AvgIpc) is 3.64. The third-order valence-electron chi connectivity index (χ3n) is 8.18. The number of aromatic nitrogens is 7. The van der Waals surface area contributed by atoms with E-state index in [0.717, 1.165) is 22.3 Å². The van der Waals surface area contributed by atoms with Gasteiger partial charge in [-0.1, -0.05) is 0 Å². The number of carbonyl (C=O) groups is 1. The van der Waals surface area contributed by atoms with E-state index in [2.05, 4.69) is 41.0 Å². The molecule has 12 nitrogen and oxygen atoms in total. The van der Waals surface area contributed by atoms with E-state index in [1.807, 2.05) is 23.1 Å². The Morgan fingerprint density at radius 1 is 1.19 bits per heavy atom. The second-order valence-electron chi connectivity index (χ2n) is 11.4. The lowest BCUT2D eigenvalue weighted by Gasteiger charge is -2.52. The van der Waals surface area contributed by atoms with Gasteiger partial charge in [-0.2, -0.15) is 23.5 Å². The largest absolute Gasteiger partial charge is 0.451 e. The first-order valence-corrected chi connectivity index (χ1v) is 13.9. The lowest BCUT2D eigenvalue weighted by atomic mass is 9.70. The molecule has 1 aliphatic heterocycles. The van der Waals surface area contributed by atoms with E-state index in [0.29, 0.717) is 45.4 Å². The van der Waals surface area contributed by atoms with Gasteiger partial charge in [0, 0.05) is 62.1 Å². The summed E-state index contributed by atoms with van der Waals surface area (Å²) >= 11 is 0. The fourth-order valence-corrected chi connectivity index (χ4v) is 6.03. The third-order valence-corrected chi connectivity index (χ3v) is 8.18. The molecule has 224 valence electrons. The van der Waals surface area contributed by atoms with Crippen molar-refractivity contribution >= 4 is 16.9 Å². The first-order chi connectivity index (χ1) is 20.6. The predicted octanol–water partition coefficient (Wildman–Crippen LogP) is 2.92. The van der Waals surface area contributed by atoms with E-state index < -0.39 is 23.4 Å². The first kappa shape index (κ1) is 28.7. The Morgan fingerprint density at radius 2 is 1.95 bits per heavy atom. The van der Waals surface area contributed by atoms with Crippen LogP contribution in [0.3, 0.4) is 0 Å². The lowest BCUT2D eigenvalue weighted by Crippen LogP contribution is -2.60. The predicted molar refractivity (Wildman–Crippen MR) is 148 cm³/mol. The van der Waals surface area contributed by atoms with E-state index in [1.54, 1.807) is 30.1 Å². The maximum absolute atomic E-state index is 13.4. The van der Waals surface area contributed by atoms with Gasteiger partial charge in [0.05, 0.1) is 35.6 Å². The van der Waals surface area contributed by atoms with Crippen LogP contribution >= 0.6 is 0 Å². The zero-order valence-corrected chi connectivity index (χ0v) is 23.7. The number of hydrogen-bond donors (Lipinski definition) is 1. The summed E-state index contributed by atoms with van der Waals surface area (Å²) in [5.41, 5.74) is 1.77. The molecule has 6 rings (SSSR count). The molecule has 15 heteroatoms. The van der Waals surface area contributed by atoms with Crippen LogP contribution in [0.25, 0.3) is 22.3 Å². The molecule has 1 amide bonds. The van der Waals surface area contributed by atoms with E-state index in [9.17, 15) is 23.2 Å². The molecule has 1 N–H and O–H groups in total. The molecule has 0 aromatic carbocycles. The van der Waals surface area contributed by atoms with Gasteiger partial charge in [0.1, 0.15) is 17.7 Å². The van der Waals surface area contributed by atoms with Gasteiger partial charge in [0.2, 0.25) is 5.82 Å². The number of nitrogens with zero attached hydrogens (tertiary/aromatic N) is 10. The standard InChI is InChI=1S/C28H30F3N11O/c1-39(2)16-19-11-22(38-26(37-19)28(29,30)31)25(43)41-9-7-40(8-10-41)20-12-27(13-20,4-5-32)42-15-18(14-36-42)23-21-3-6-33-24(21)35-17-34-23/h3,6,11,14-15,17,20H,4,7-10,12-13,16H2,1-2H3,(H,33,34,35)/t20-,27-. The highest BCUT2D eigenvalue weighted by atomic mass is 19.4. The Balaban J connectivity index is 1.12. The molecule has 1 aliphatic carbocycles. The summed E-state index contributed by atoms with van der Waals surface area (Å²) < 4.78 is 42.2. The molecule has 4 aromatic heterocycles. The van der Waals surface area contributed by atoms with E-state index in [1.165, 1.54) is 12.4 Å². The Morgan fingerprint density at radius 3 is 2.65 bits per heavy atom. The summed E-state index contributed by atoms with van der Waals surface area (Å²) in [4.78, 5) is 37.7. The maximum atomic E-state index is 13.4. The van der Waals surface area contributed by atoms with Crippen LogP contribution < -0.4 is 0 Å². The number of carbonyl (C=O) groups excluding carboxylic acids is 1. The second-order valence-corrected chi connectivity index (χ2v) is 11.4. The van der Waals surface area contributed by atoms with Crippen LogP contribution in [0.15, 0.2) is 37.1 Å². The number of hydrogen-bond acceptors (Lipinski definition) is 9. The Labute approximate surface area is 245 Å². The van der Waals surface area contributed by atoms with Crippen LogP contribution in [0.5, 0.6) is 0 Å². The number of nitrogens with one attached hydrogen (secondary N) is 1. The van der Waals surface area contributed by atoms with Gasteiger partial charge < -0.3 is 14.8 Å². The lowest BCUT2D eigenvalue weighted by molar-refractivity contribution is -0.145. The smallest absolute Gasteiger partial charge is 0.346 e. The topological polar surface area (TPSA) is 136 Å². The highest BCUT2D eigenvalue weighted by Crippen LogP contribution is 2.45. The average molecular weight is 594 g/mol. The number of amides is 1. The Bertz CT molecular complexity index is 1670. The van der Waals surface area contributed by atoms with Crippen molar-refractivity contribution in [2.24, 2.45) is 0 Å². The number of alkyl halides is 3. The Hall–Kier alpha value is -4.42. The highest BCUT2D eigenvalue weighted by Gasteiger charge is 2.49. The van der Waals surface area contributed by atoms with E-state index >= 15 is 0 Å². The molecule has 0 atom stereocenters. The molecule has 0 spiro atoms. The van der Waals surface area contributed by atoms with Gasteiger partial charge in [-0.05, 0) is 39.1 Å². The number of halogens is 3. The van der Waals surface area contributed by atoms with Gasteiger partial charge in [-0.3, -0.25) is 14.4 Å². The summed E-state index contributed by atoms with van der Waals surface area (Å²) in [5, 5.41) is 15.2. The molecule has 0 radical (unpaired) electrons. The van der Waals surface area contributed by atoms with Crippen LogP contribution in [-0.2, 0) is 18.3 Å². The maximum Gasteiger partial charge on any atom is 0.451 e. The summed E-state index contributed by atoms with van der Waals surface area (Å²) in [6, 6.07) is 5.77. The van der Waals surface area contributed by atoms with Gasteiger partial charge in [-0.15, -0.1) is 0 Å². The summed E-state index contributed by atoms with van der Waals surface area (Å²) in [6.45, 7) is 2.01. The SMILES string of the molecule is CN(C)Cc1cc(C(=O)N2CCN([C@H]3C[C@](CC#N)(n4cc(-c5ncnc6[nH]ccc56)cn4)C3)CC2)nc(C(F)(F)F)n1. The van der Waals surface area contributed by atoms with Crippen LogP contribution in [0.4, 0.5) is 13.2 Å². The number of aromatic amines is 1. The monoisotopic (exact) mass is 593 g/mol. The number of rotatable bonds is 7. The van der Waals surface area contributed by atoms with E-state index in [4.69, 9.17) is 0 Å². The normalized spacial score (nSPS) is 21.2. The fourth-order valence-electron chi connectivity index (χ4n) is 6.03. The van der Waals surface area contributed by atoms with Crippen molar-refractivity contribution in [2.75, 3.05) is 40.3 Å². The van der Waals surface area contributed by atoms with Gasteiger partial charge in [0.25, 0.3) is 5.91 Å². The van der Waals surface area contributed by atoms with Crippen molar-refractivity contribution in [1.82, 2.24) is 49.4 Å². The molecule has 2 aliphatic rings. The third kappa shape index (κ3) is 5.55. The minimum absolute atomic E-state index is 0.136. The van der Waals surface area contributed by atoms with Crippen LogP contribution in [0.1, 0.15) is 41.3 Å². The number of H-pyrrole nitrogens is 1. The molecule has 0 unspecified atom stereocenters. The van der Waals surface area contributed by atoms with E-state index in [-0.39, 0.29) is 24.0 Å². The van der Waals surface area contributed by atoms with Crippen LogP contribution in [0, 0.1) is 11.3 Å². The number of nitriles is 1. The number of piperazine rings is 1. The molecule has 1 saturated carbocycles. The molecule has 43 heavy (non-hydrogen) atoms. The van der Waals surface area contributed by atoms with Crippen molar-refractivity contribution in [1.29, 1.82) is 5.26 Å². The minimum atomic E-state index is -4.76. The molecule has 1 saturated heterocycles. The molecular formula is C28H30F3N11O. The van der Waals surface area contributed by atoms with Gasteiger partial charge in [0.15, 0.2) is 0 Å². The zero-order valence-electron chi connectivity index (χ0n) is 23.7. The Kier molecular flexibility index (Phi) is 7.35. The first-order valence-electron chi connectivity index (χ1n) is 13.9. The summed E-state index contributed by atoms with van der Waals surface area (Å²) in [5.74, 6) is -1.85. The quantitative estimate of drug-likeness (QED) is 0.343. The molecule has 5 heterocycles. The molecular weight excluding hydrogens is 563 g/mol. The van der Waals surface area contributed by atoms with Crippen molar-refractivity contribution in [3.8, 4) is 17.3 Å². The number of fused-ring (bicyclic) bond motifs is 1. The van der Waals surface area contributed by atoms with Crippen LogP contribution in [0.2, 0.25) is 0 Å². The van der Waals surface area contributed by atoms with Crippen molar-refractivity contribution in [3.63, 3.8) is 0 Å². The fraction of sp³-hybridized carbons (Fsp3) is 0.464. The van der Waals surface area contributed by atoms with Crippen molar-refractivity contribution < 1.29 is 18.0 Å². The minimum Gasteiger partial charge on any atom is -0.346 e. The second kappa shape index (κ2) is 11.0. The van der Waals surface area contributed by atoms with Crippen molar-refractivity contribution in [2.45, 2.75) is 43.6 Å². The molecule has 4 aromatic rings. The molecule has 0 bridgehead atoms.